The van der Waals surface area contributed by atoms with Crippen molar-refractivity contribution in [2.75, 3.05) is 14.2 Å². The second-order valence-corrected chi connectivity index (χ2v) is 9.42. The minimum Gasteiger partial charge on any atom is -0.378 e. The quantitative estimate of drug-likeness (QED) is 0.249. The van der Waals surface area contributed by atoms with Gasteiger partial charge in [0.1, 0.15) is 24.0 Å². The van der Waals surface area contributed by atoms with E-state index in [1.54, 1.807) is 12.1 Å². The summed E-state index contributed by atoms with van der Waals surface area (Å²) in [6.45, 7) is -0.909. The van der Waals surface area contributed by atoms with E-state index in [4.69, 9.17) is 4.74 Å². The van der Waals surface area contributed by atoms with Gasteiger partial charge in [-0.3, -0.25) is 19.3 Å². The number of aromatic nitrogens is 3. The minimum absolute atomic E-state index is 0.0136. The summed E-state index contributed by atoms with van der Waals surface area (Å²) in [5.74, 6) is -3.99. The van der Waals surface area contributed by atoms with E-state index in [9.17, 15) is 35.9 Å². The van der Waals surface area contributed by atoms with Gasteiger partial charge < -0.3 is 15.4 Å². The van der Waals surface area contributed by atoms with Gasteiger partial charge >= 0.3 is 6.18 Å². The van der Waals surface area contributed by atoms with E-state index in [1.807, 2.05) is 0 Å². The molecule has 43 heavy (non-hydrogen) atoms. The van der Waals surface area contributed by atoms with Gasteiger partial charge in [-0.25, -0.2) is 13.2 Å². The number of methoxy groups -OCH3 is 1. The molecule has 0 unspecified atom stereocenters. The molecule has 0 aliphatic carbocycles. The van der Waals surface area contributed by atoms with E-state index < -0.39 is 53.7 Å². The number of ether oxygens (including phenoxy) is 1. The van der Waals surface area contributed by atoms with E-state index >= 15 is 0 Å². The Morgan fingerprint density at radius 2 is 1.74 bits per heavy atom. The Morgan fingerprint density at radius 1 is 1.02 bits per heavy atom. The number of carbonyl (C=O) groups is 2. The topological polar surface area (TPSA) is 98.1 Å². The molecule has 2 heterocycles. The molecule has 0 saturated heterocycles. The van der Waals surface area contributed by atoms with Gasteiger partial charge in [-0.2, -0.15) is 18.3 Å². The van der Waals surface area contributed by atoms with Gasteiger partial charge in [-0.15, -0.1) is 0 Å². The molecule has 2 aromatic heterocycles. The summed E-state index contributed by atoms with van der Waals surface area (Å²) in [4.78, 5) is 29.8. The van der Waals surface area contributed by atoms with Gasteiger partial charge in [-0.1, -0.05) is 12.1 Å². The van der Waals surface area contributed by atoms with Crippen molar-refractivity contribution in [3.05, 3.63) is 106 Å². The predicted molar refractivity (Wildman–Crippen MR) is 142 cm³/mol. The Balaban J connectivity index is 1.74. The van der Waals surface area contributed by atoms with Crippen LogP contribution in [0, 0.1) is 17.5 Å². The lowest BCUT2D eigenvalue weighted by Crippen LogP contribution is -2.34. The van der Waals surface area contributed by atoms with E-state index in [2.05, 4.69) is 20.7 Å². The summed E-state index contributed by atoms with van der Waals surface area (Å²) in [5, 5.41) is 8.52. The first-order valence-electron chi connectivity index (χ1n) is 12.7. The SMILES string of the molecule is CNC(=O)c1cc(-c2cccnc2[C@H](Cc2cc(F)cc(F)c2)NC(=O)Cn2nc(C(F)(F)F)cc2COC)ccc1F. The monoisotopic (exact) mass is 605 g/mol. The highest BCUT2D eigenvalue weighted by molar-refractivity contribution is 5.95. The fraction of sp³-hybridized carbons (Fsp3) is 0.241. The molecule has 2 aromatic carbocycles. The zero-order valence-corrected chi connectivity index (χ0v) is 22.8. The van der Waals surface area contributed by atoms with Gasteiger partial charge in [-0.05, 0) is 53.9 Å². The van der Waals surface area contributed by atoms with Crippen LogP contribution in [0.2, 0.25) is 0 Å². The van der Waals surface area contributed by atoms with E-state index in [-0.39, 0.29) is 35.5 Å². The molecule has 0 bridgehead atoms. The number of pyridine rings is 1. The second-order valence-electron chi connectivity index (χ2n) is 9.42. The van der Waals surface area contributed by atoms with Crippen molar-refractivity contribution in [2.45, 2.75) is 31.8 Å². The van der Waals surface area contributed by atoms with Gasteiger partial charge in [0, 0.05) is 32.0 Å². The van der Waals surface area contributed by atoms with Crippen LogP contribution in [0.15, 0.2) is 60.8 Å². The zero-order valence-electron chi connectivity index (χ0n) is 22.8. The molecule has 0 fully saturated rings. The van der Waals surface area contributed by atoms with Gasteiger partial charge in [0.05, 0.1) is 29.6 Å². The maximum absolute atomic E-state index is 14.4. The molecular weight excluding hydrogens is 580 g/mol. The van der Waals surface area contributed by atoms with Crippen LogP contribution in [-0.4, -0.2) is 40.7 Å². The van der Waals surface area contributed by atoms with E-state index in [1.165, 1.54) is 32.5 Å². The Hall–Kier alpha value is -4.72. The van der Waals surface area contributed by atoms with Crippen molar-refractivity contribution in [1.82, 2.24) is 25.4 Å². The number of rotatable bonds is 10. The average molecular weight is 606 g/mol. The molecule has 8 nitrogen and oxygen atoms in total. The lowest BCUT2D eigenvalue weighted by molar-refractivity contribution is -0.141. The molecular formula is C29H25F6N5O3. The van der Waals surface area contributed by atoms with Crippen LogP contribution in [0.3, 0.4) is 0 Å². The van der Waals surface area contributed by atoms with Crippen LogP contribution in [0.1, 0.15) is 39.0 Å². The molecule has 1 atom stereocenters. The number of alkyl halides is 3. The van der Waals surface area contributed by atoms with Crippen molar-refractivity contribution in [2.24, 2.45) is 0 Å². The van der Waals surface area contributed by atoms with Crippen LogP contribution in [0.4, 0.5) is 26.3 Å². The van der Waals surface area contributed by atoms with Crippen LogP contribution in [0.5, 0.6) is 0 Å². The molecule has 0 spiro atoms. The average Bonchev–Trinajstić information content (AvgIpc) is 3.35. The Labute approximate surface area is 241 Å². The molecule has 14 heteroatoms. The summed E-state index contributed by atoms with van der Waals surface area (Å²) in [6, 6.07) is 9.39. The van der Waals surface area contributed by atoms with Crippen LogP contribution >= 0.6 is 0 Å². The number of hydrogen-bond acceptors (Lipinski definition) is 5. The highest BCUT2D eigenvalue weighted by Crippen LogP contribution is 2.31. The van der Waals surface area contributed by atoms with Crippen LogP contribution < -0.4 is 10.6 Å². The number of amides is 2. The predicted octanol–water partition coefficient (Wildman–Crippen LogP) is 4.99. The molecule has 226 valence electrons. The van der Waals surface area contributed by atoms with E-state index in [0.717, 1.165) is 28.9 Å². The molecule has 4 aromatic rings. The van der Waals surface area contributed by atoms with Crippen molar-refractivity contribution in [1.29, 1.82) is 0 Å². The highest BCUT2D eigenvalue weighted by atomic mass is 19.4. The van der Waals surface area contributed by atoms with Crippen LogP contribution in [-0.2, 0) is 35.3 Å². The normalized spacial score (nSPS) is 12.2. The summed E-state index contributed by atoms with van der Waals surface area (Å²) in [7, 11) is 2.61. The summed E-state index contributed by atoms with van der Waals surface area (Å²) in [6.07, 6.45) is -3.56. The van der Waals surface area contributed by atoms with Crippen molar-refractivity contribution in [3.63, 3.8) is 0 Å². The van der Waals surface area contributed by atoms with Crippen LogP contribution in [0.25, 0.3) is 11.1 Å². The third kappa shape index (κ3) is 7.57. The molecule has 2 N–H and O–H groups in total. The third-order valence-corrected chi connectivity index (χ3v) is 6.35. The summed E-state index contributed by atoms with van der Waals surface area (Å²) >= 11 is 0. The Morgan fingerprint density at radius 3 is 2.40 bits per heavy atom. The second kappa shape index (κ2) is 13.1. The lowest BCUT2D eigenvalue weighted by Gasteiger charge is -2.22. The number of nitrogens with one attached hydrogen (secondary N) is 2. The third-order valence-electron chi connectivity index (χ3n) is 6.35. The number of carbonyl (C=O) groups excluding carboxylic acids is 2. The van der Waals surface area contributed by atoms with Gasteiger partial charge in [0.2, 0.25) is 5.91 Å². The summed E-state index contributed by atoms with van der Waals surface area (Å²) in [5.41, 5.74) is -0.459. The Bertz CT molecular complexity index is 1620. The number of benzene rings is 2. The van der Waals surface area contributed by atoms with Gasteiger partial charge in [0.15, 0.2) is 5.69 Å². The standard InChI is InChI=1S/C29H25F6N5O3/c1-36-28(42)22-11-17(5-6-23(22)32)21-4-3-7-37-27(21)24(10-16-8-18(30)12-19(31)9-16)38-26(41)14-40-20(15-43-2)13-25(39-40)29(33,34)35/h3-9,11-13,24H,10,14-15H2,1-2H3,(H,36,42)(H,38,41)/t24-/m0/s1. The smallest absolute Gasteiger partial charge is 0.378 e. The molecule has 0 aliphatic rings. The van der Waals surface area contributed by atoms with E-state index in [0.29, 0.717) is 17.2 Å². The first-order valence-corrected chi connectivity index (χ1v) is 12.7. The molecule has 2 amide bonds. The largest absolute Gasteiger partial charge is 0.435 e. The number of halogens is 6. The highest BCUT2D eigenvalue weighted by Gasteiger charge is 2.35. The summed E-state index contributed by atoms with van der Waals surface area (Å²) < 4.78 is 88.2. The maximum atomic E-state index is 14.4. The molecule has 0 aliphatic heterocycles. The van der Waals surface area contributed by atoms with Crippen molar-refractivity contribution < 1.29 is 40.7 Å². The van der Waals surface area contributed by atoms with Crippen molar-refractivity contribution >= 4 is 11.8 Å². The number of nitrogens with zero attached hydrogens (tertiary/aromatic N) is 3. The lowest BCUT2D eigenvalue weighted by atomic mass is 9.94. The Kier molecular flexibility index (Phi) is 9.49. The first-order chi connectivity index (χ1) is 20.4. The van der Waals surface area contributed by atoms with Crippen molar-refractivity contribution in [3.8, 4) is 11.1 Å². The van der Waals surface area contributed by atoms with Gasteiger partial charge in [0.25, 0.3) is 5.91 Å². The first kappa shape index (κ1) is 31.2. The molecule has 0 radical (unpaired) electrons. The zero-order chi connectivity index (χ0) is 31.3. The number of hydrogen-bond donors (Lipinski definition) is 2. The fourth-order valence-electron chi connectivity index (χ4n) is 4.49. The minimum atomic E-state index is -4.76. The maximum Gasteiger partial charge on any atom is 0.435 e. The molecule has 4 rings (SSSR count). The molecule has 0 saturated carbocycles. The fourth-order valence-corrected chi connectivity index (χ4v) is 4.49.